The largest absolute Gasteiger partial charge is 0.374 e. The predicted octanol–water partition coefficient (Wildman–Crippen LogP) is 3.08. The van der Waals surface area contributed by atoms with Crippen LogP contribution in [0.1, 0.15) is 11.3 Å². The minimum Gasteiger partial charge on any atom is -0.374 e. The third-order valence-electron chi connectivity index (χ3n) is 4.17. The molecule has 1 aliphatic heterocycles. The lowest BCUT2D eigenvalue weighted by Crippen LogP contribution is -2.59. The van der Waals surface area contributed by atoms with Crippen LogP contribution in [-0.2, 0) is 4.79 Å². The fourth-order valence-corrected chi connectivity index (χ4v) is 2.69. The van der Waals surface area contributed by atoms with Gasteiger partial charge in [-0.15, -0.1) is 0 Å². The minimum absolute atomic E-state index is 0.176. The Balaban J connectivity index is 1.76. The highest BCUT2D eigenvalue weighted by Crippen LogP contribution is 2.27. The number of nitrogens with one attached hydrogen (secondary N) is 2. The first-order valence-electron chi connectivity index (χ1n) is 7.95. The Morgan fingerprint density at radius 1 is 1.35 bits per heavy atom. The summed E-state index contributed by atoms with van der Waals surface area (Å²) in [7, 11) is 0. The standard InChI is InChI=1S/C18H17F3N4O/c1-11-4-12(2-3-14(11)19)13-5-15(16(6-22)23-7-13)24-8-17(26)25-9-18(20,21)10-25/h2-7,22,24H,8-10H2,1H3. The van der Waals surface area contributed by atoms with Crippen molar-refractivity contribution in [2.24, 2.45) is 0 Å². The minimum atomic E-state index is -2.81. The second-order valence-electron chi connectivity index (χ2n) is 6.22. The molecule has 2 heterocycles. The summed E-state index contributed by atoms with van der Waals surface area (Å²) in [6.07, 6.45) is 2.58. The number of anilines is 1. The summed E-state index contributed by atoms with van der Waals surface area (Å²) in [4.78, 5) is 17.2. The Labute approximate surface area is 148 Å². The monoisotopic (exact) mass is 362 g/mol. The van der Waals surface area contributed by atoms with Crippen LogP contribution in [0.2, 0.25) is 0 Å². The van der Waals surface area contributed by atoms with Gasteiger partial charge in [0.1, 0.15) is 11.5 Å². The lowest BCUT2D eigenvalue weighted by Gasteiger charge is -2.38. The van der Waals surface area contributed by atoms with Crippen LogP contribution in [0.3, 0.4) is 0 Å². The number of rotatable bonds is 5. The van der Waals surface area contributed by atoms with Crippen molar-refractivity contribution < 1.29 is 18.0 Å². The number of aromatic nitrogens is 1. The SMILES string of the molecule is Cc1cc(-c2cnc(C=N)c(NCC(=O)N3CC(F)(F)C3)c2)ccc1F. The van der Waals surface area contributed by atoms with E-state index in [1.54, 1.807) is 31.3 Å². The summed E-state index contributed by atoms with van der Waals surface area (Å²) < 4.78 is 39.1. The van der Waals surface area contributed by atoms with Gasteiger partial charge in [-0.1, -0.05) is 6.07 Å². The van der Waals surface area contributed by atoms with Crippen LogP contribution >= 0.6 is 0 Å². The number of pyridine rings is 1. The molecule has 1 fully saturated rings. The van der Waals surface area contributed by atoms with E-state index in [4.69, 9.17) is 5.41 Å². The summed E-state index contributed by atoms with van der Waals surface area (Å²) in [5.41, 5.74) is 2.66. The van der Waals surface area contributed by atoms with Gasteiger partial charge in [-0.25, -0.2) is 13.2 Å². The maximum absolute atomic E-state index is 13.4. The number of likely N-dealkylation sites (tertiary alicyclic amines) is 1. The maximum atomic E-state index is 13.4. The average Bonchev–Trinajstić information content (AvgIpc) is 2.59. The van der Waals surface area contributed by atoms with E-state index in [0.717, 1.165) is 16.7 Å². The quantitative estimate of drug-likeness (QED) is 0.803. The summed E-state index contributed by atoms with van der Waals surface area (Å²) in [5.74, 6) is -3.57. The van der Waals surface area contributed by atoms with Crippen LogP contribution in [0.15, 0.2) is 30.5 Å². The number of hydrogen-bond donors (Lipinski definition) is 2. The Hall–Kier alpha value is -2.90. The van der Waals surface area contributed by atoms with Gasteiger partial charge in [-0.05, 0) is 36.2 Å². The van der Waals surface area contributed by atoms with Gasteiger partial charge in [0, 0.05) is 18.0 Å². The second-order valence-corrected chi connectivity index (χ2v) is 6.22. The number of benzene rings is 1. The fourth-order valence-electron chi connectivity index (χ4n) is 2.69. The van der Waals surface area contributed by atoms with Crippen molar-refractivity contribution in [1.82, 2.24) is 9.88 Å². The number of carbonyl (C=O) groups excluding carboxylic acids is 1. The molecule has 0 aliphatic carbocycles. The normalized spacial score (nSPS) is 15.3. The summed E-state index contributed by atoms with van der Waals surface area (Å²) in [5, 5.41) is 10.3. The van der Waals surface area contributed by atoms with Gasteiger partial charge < -0.3 is 15.6 Å². The Kier molecular flexibility index (Phi) is 4.67. The molecule has 0 bridgehead atoms. The second kappa shape index (κ2) is 6.78. The molecule has 3 rings (SSSR count). The van der Waals surface area contributed by atoms with E-state index < -0.39 is 24.9 Å². The Bertz CT molecular complexity index is 862. The van der Waals surface area contributed by atoms with Gasteiger partial charge >= 0.3 is 0 Å². The zero-order valence-corrected chi connectivity index (χ0v) is 14.0. The van der Waals surface area contributed by atoms with E-state index in [1.807, 2.05) is 0 Å². The number of amides is 1. The topological polar surface area (TPSA) is 69.1 Å². The first kappa shape index (κ1) is 17.9. The lowest BCUT2D eigenvalue weighted by atomic mass is 10.0. The van der Waals surface area contributed by atoms with Gasteiger partial charge in [0.25, 0.3) is 5.92 Å². The number of nitrogens with zero attached hydrogens (tertiary/aromatic N) is 2. The zero-order valence-electron chi connectivity index (χ0n) is 14.0. The van der Waals surface area contributed by atoms with Crippen molar-refractivity contribution in [2.45, 2.75) is 12.8 Å². The third-order valence-corrected chi connectivity index (χ3v) is 4.17. The molecule has 0 radical (unpaired) electrons. The highest BCUT2D eigenvalue weighted by atomic mass is 19.3. The summed E-state index contributed by atoms with van der Waals surface area (Å²) in [6, 6.07) is 6.34. The molecule has 2 aromatic rings. The van der Waals surface area contributed by atoms with Crippen molar-refractivity contribution >= 4 is 17.8 Å². The molecule has 0 spiro atoms. The fraction of sp³-hybridized carbons (Fsp3) is 0.278. The zero-order chi connectivity index (χ0) is 18.9. The number of hydrogen-bond acceptors (Lipinski definition) is 4. The molecule has 0 atom stereocenters. The van der Waals surface area contributed by atoms with Crippen molar-refractivity contribution in [3.63, 3.8) is 0 Å². The third kappa shape index (κ3) is 3.68. The van der Waals surface area contributed by atoms with Crippen molar-refractivity contribution in [1.29, 1.82) is 5.41 Å². The van der Waals surface area contributed by atoms with Gasteiger partial charge in [0.15, 0.2) is 0 Å². The molecule has 1 amide bonds. The molecule has 136 valence electrons. The van der Waals surface area contributed by atoms with Crippen LogP contribution in [0.5, 0.6) is 0 Å². The van der Waals surface area contributed by atoms with Gasteiger partial charge in [-0.3, -0.25) is 9.78 Å². The van der Waals surface area contributed by atoms with E-state index in [0.29, 0.717) is 22.5 Å². The van der Waals surface area contributed by atoms with Crippen LogP contribution in [0, 0.1) is 18.2 Å². The molecule has 8 heteroatoms. The van der Waals surface area contributed by atoms with E-state index in [2.05, 4.69) is 10.3 Å². The number of aryl methyl sites for hydroxylation is 1. The summed E-state index contributed by atoms with van der Waals surface area (Å²) in [6.45, 7) is 0.333. The summed E-state index contributed by atoms with van der Waals surface area (Å²) >= 11 is 0. The molecule has 1 saturated heterocycles. The van der Waals surface area contributed by atoms with Gasteiger partial charge in [-0.2, -0.15) is 0 Å². The highest BCUT2D eigenvalue weighted by molar-refractivity contribution is 5.88. The first-order valence-corrected chi connectivity index (χ1v) is 7.95. The maximum Gasteiger partial charge on any atom is 0.282 e. The molecule has 1 aromatic heterocycles. The van der Waals surface area contributed by atoms with Crippen LogP contribution in [0.4, 0.5) is 18.9 Å². The van der Waals surface area contributed by atoms with Gasteiger partial charge in [0.05, 0.1) is 25.3 Å². The molecule has 1 aliphatic rings. The van der Waals surface area contributed by atoms with E-state index in [9.17, 15) is 18.0 Å². The van der Waals surface area contributed by atoms with Crippen molar-refractivity contribution in [3.05, 3.63) is 47.5 Å². The lowest BCUT2D eigenvalue weighted by molar-refractivity contribution is -0.163. The van der Waals surface area contributed by atoms with Crippen molar-refractivity contribution in [3.8, 4) is 11.1 Å². The molecule has 2 N–H and O–H groups in total. The smallest absolute Gasteiger partial charge is 0.282 e. The molecule has 0 saturated carbocycles. The molecule has 26 heavy (non-hydrogen) atoms. The van der Waals surface area contributed by atoms with Crippen LogP contribution < -0.4 is 5.32 Å². The predicted molar refractivity (Wildman–Crippen MR) is 92.3 cm³/mol. The molecular weight excluding hydrogens is 345 g/mol. The van der Waals surface area contributed by atoms with Crippen LogP contribution in [-0.4, -0.2) is 47.6 Å². The van der Waals surface area contributed by atoms with Crippen molar-refractivity contribution in [2.75, 3.05) is 25.0 Å². The Morgan fingerprint density at radius 2 is 2.08 bits per heavy atom. The van der Waals surface area contributed by atoms with Gasteiger partial charge in [0.2, 0.25) is 5.91 Å². The van der Waals surface area contributed by atoms with E-state index >= 15 is 0 Å². The number of halogens is 3. The number of alkyl halides is 2. The average molecular weight is 362 g/mol. The van der Waals surface area contributed by atoms with E-state index in [-0.39, 0.29) is 12.4 Å². The van der Waals surface area contributed by atoms with E-state index in [1.165, 1.54) is 6.07 Å². The molecular formula is C18H17F3N4O. The first-order chi connectivity index (χ1) is 12.3. The molecule has 1 aromatic carbocycles. The number of carbonyl (C=O) groups is 1. The highest BCUT2D eigenvalue weighted by Gasteiger charge is 2.45. The molecule has 5 nitrogen and oxygen atoms in total. The Morgan fingerprint density at radius 3 is 2.69 bits per heavy atom. The molecule has 0 unspecified atom stereocenters. The van der Waals surface area contributed by atoms with Crippen LogP contribution in [0.25, 0.3) is 11.1 Å².